The Labute approximate surface area is 239 Å². The summed E-state index contributed by atoms with van der Waals surface area (Å²) in [7, 11) is 0. The third-order valence-corrected chi connectivity index (χ3v) is 7.55. The molecule has 3 atom stereocenters. The van der Waals surface area contributed by atoms with E-state index in [1.54, 1.807) is 41.5 Å². The predicted octanol–water partition coefficient (Wildman–Crippen LogP) is 2.94. The number of amides is 3. The Hall–Kier alpha value is -4.41. The zero-order valence-electron chi connectivity index (χ0n) is 22.9. The fraction of sp³-hybridized carbons (Fsp3) is 0.323. The van der Waals surface area contributed by atoms with Gasteiger partial charge in [-0.3, -0.25) is 19.3 Å². The van der Waals surface area contributed by atoms with E-state index in [-0.39, 0.29) is 29.7 Å². The van der Waals surface area contributed by atoms with E-state index in [2.05, 4.69) is 26.0 Å². The molecule has 10 nitrogen and oxygen atoms in total. The largest absolute Gasteiger partial charge is 0.378 e. The van der Waals surface area contributed by atoms with E-state index < -0.39 is 6.23 Å². The van der Waals surface area contributed by atoms with Crippen molar-refractivity contribution in [3.8, 4) is 0 Å². The van der Waals surface area contributed by atoms with Crippen molar-refractivity contribution in [1.29, 1.82) is 0 Å². The number of carbonyl (C=O) groups excluding carboxylic acids is 3. The number of carbonyl (C=O) groups is 3. The van der Waals surface area contributed by atoms with Crippen LogP contribution in [0.4, 0.5) is 5.69 Å². The first-order valence-corrected chi connectivity index (χ1v) is 13.9. The number of nitrogens with zero attached hydrogens (tertiary/aromatic N) is 4. The lowest BCUT2D eigenvalue weighted by Gasteiger charge is -2.33. The minimum Gasteiger partial charge on any atom is -0.378 e. The summed E-state index contributed by atoms with van der Waals surface area (Å²) >= 11 is 0. The molecule has 5 rings (SSSR count). The third-order valence-electron chi connectivity index (χ3n) is 7.55. The van der Waals surface area contributed by atoms with Gasteiger partial charge in [0.15, 0.2) is 0 Å². The Morgan fingerprint density at radius 2 is 1.68 bits per heavy atom. The Morgan fingerprint density at radius 1 is 0.976 bits per heavy atom. The first kappa shape index (κ1) is 28.1. The highest BCUT2D eigenvalue weighted by atomic mass is 16.3. The molecule has 0 spiro atoms. The summed E-state index contributed by atoms with van der Waals surface area (Å²) in [5.41, 5.74) is 8.34. The summed E-state index contributed by atoms with van der Waals surface area (Å²) in [4.78, 5) is 40.8. The molecule has 1 aliphatic carbocycles. The summed E-state index contributed by atoms with van der Waals surface area (Å²) in [5, 5.41) is 18.3. The molecule has 0 aromatic heterocycles. The van der Waals surface area contributed by atoms with Gasteiger partial charge in [-0.2, -0.15) is 10.2 Å². The number of hydrazone groups is 2. The molecule has 0 radical (unpaired) electrons. The minimum absolute atomic E-state index is 0.0778. The van der Waals surface area contributed by atoms with E-state index in [1.807, 2.05) is 43.3 Å². The Balaban J connectivity index is 1.11. The maximum Gasteiger partial charge on any atom is 0.271 e. The van der Waals surface area contributed by atoms with Gasteiger partial charge in [0.2, 0.25) is 5.91 Å². The summed E-state index contributed by atoms with van der Waals surface area (Å²) in [6, 6.07) is 14.3. The Kier molecular flexibility index (Phi) is 8.81. The van der Waals surface area contributed by atoms with Crippen molar-refractivity contribution < 1.29 is 19.5 Å². The van der Waals surface area contributed by atoms with Crippen LogP contribution in [-0.4, -0.2) is 65.5 Å². The second-order valence-electron chi connectivity index (χ2n) is 10.5. The van der Waals surface area contributed by atoms with Crippen LogP contribution < -0.4 is 15.8 Å². The van der Waals surface area contributed by atoms with E-state index in [0.29, 0.717) is 24.1 Å². The molecule has 2 heterocycles. The standard InChI is InChI=1S/C31H34N6O4/c1-21-17-25(11-14-27(21)37-16-4-8-29(37)39)31(41)35-33-20-23-6-2-5-22(18-23)19-32-34-30(40)24-9-12-26(13-10-24)36-15-3-7-28(36)38/h2,5-6,9-14,17-21,27,29,39H,3-4,7-8,15-16H2,1H3,(H,34,40)(H,35,41). The van der Waals surface area contributed by atoms with Crippen molar-refractivity contribution in [3.63, 3.8) is 0 Å². The quantitative estimate of drug-likeness (QED) is 0.342. The molecule has 2 aromatic rings. The molecule has 3 amide bonds. The molecule has 2 saturated heterocycles. The van der Waals surface area contributed by atoms with Crippen LogP contribution in [0.2, 0.25) is 0 Å². The highest BCUT2D eigenvalue weighted by Crippen LogP contribution is 2.27. The van der Waals surface area contributed by atoms with Gasteiger partial charge in [-0.05, 0) is 66.6 Å². The average Bonchev–Trinajstić information content (AvgIpc) is 3.61. The summed E-state index contributed by atoms with van der Waals surface area (Å²) in [6.07, 6.45) is 11.5. The number of rotatable bonds is 8. The number of hydrogen-bond acceptors (Lipinski definition) is 7. The summed E-state index contributed by atoms with van der Waals surface area (Å²) in [5.74, 6) is -0.466. The van der Waals surface area contributed by atoms with Crippen molar-refractivity contribution in [3.05, 3.63) is 89.0 Å². The smallest absolute Gasteiger partial charge is 0.271 e. The number of benzene rings is 2. The average molecular weight is 555 g/mol. The molecular weight excluding hydrogens is 520 g/mol. The molecule has 3 N–H and O–H groups in total. The van der Waals surface area contributed by atoms with Gasteiger partial charge in [-0.15, -0.1) is 0 Å². The van der Waals surface area contributed by atoms with Gasteiger partial charge >= 0.3 is 0 Å². The van der Waals surface area contributed by atoms with E-state index in [0.717, 1.165) is 42.6 Å². The van der Waals surface area contributed by atoms with E-state index in [1.165, 1.54) is 6.21 Å². The molecule has 3 aliphatic rings. The van der Waals surface area contributed by atoms with Crippen LogP contribution in [0.1, 0.15) is 54.1 Å². The molecular formula is C31H34N6O4. The molecule has 212 valence electrons. The fourth-order valence-corrected chi connectivity index (χ4v) is 5.39. The van der Waals surface area contributed by atoms with Crippen LogP contribution in [0.15, 0.2) is 82.5 Å². The van der Waals surface area contributed by atoms with Crippen molar-refractivity contribution in [1.82, 2.24) is 15.8 Å². The summed E-state index contributed by atoms with van der Waals surface area (Å²) in [6.45, 7) is 3.60. The second kappa shape index (κ2) is 12.8. The topological polar surface area (TPSA) is 127 Å². The molecule has 3 unspecified atom stereocenters. The minimum atomic E-state index is -0.427. The van der Waals surface area contributed by atoms with Crippen LogP contribution in [0, 0.1) is 5.92 Å². The monoisotopic (exact) mass is 554 g/mol. The van der Waals surface area contributed by atoms with Gasteiger partial charge in [-0.1, -0.05) is 43.4 Å². The first-order valence-electron chi connectivity index (χ1n) is 13.9. The molecule has 2 aromatic carbocycles. The van der Waals surface area contributed by atoms with E-state index in [4.69, 9.17) is 0 Å². The van der Waals surface area contributed by atoms with Crippen LogP contribution in [-0.2, 0) is 9.59 Å². The number of likely N-dealkylation sites (tertiary alicyclic amines) is 1. The van der Waals surface area contributed by atoms with Crippen molar-refractivity contribution >= 4 is 35.8 Å². The molecule has 2 aliphatic heterocycles. The van der Waals surface area contributed by atoms with Crippen molar-refractivity contribution in [2.75, 3.05) is 18.0 Å². The lowest BCUT2D eigenvalue weighted by atomic mass is 9.91. The fourth-order valence-electron chi connectivity index (χ4n) is 5.39. The number of anilines is 1. The lowest BCUT2D eigenvalue weighted by molar-refractivity contribution is -0.117. The molecule has 0 bridgehead atoms. The van der Waals surface area contributed by atoms with Gasteiger partial charge < -0.3 is 10.0 Å². The van der Waals surface area contributed by atoms with Crippen LogP contribution in [0.25, 0.3) is 0 Å². The lowest BCUT2D eigenvalue weighted by Crippen LogP contribution is -2.42. The van der Waals surface area contributed by atoms with Crippen LogP contribution in [0.5, 0.6) is 0 Å². The maximum absolute atomic E-state index is 12.6. The molecule has 41 heavy (non-hydrogen) atoms. The van der Waals surface area contributed by atoms with Crippen molar-refractivity contribution in [2.24, 2.45) is 16.1 Å². The highest BCUT2D eigenvalue weighted by Gasteiger charge is 2.32. The van der Waals surface area contributed by atoms with E-state index >= 15 is 0 Å². The number of aliphatic hydroxyl groups is 1. The maximum atomic E-state index is 12.6. The number of aliphatic hydroxyl groups excluding tert-OH is 1. The van der Waals surface area contributed by atoms with Gasteiger partial charge in [0.1, 0.15) is 6.23 Å². The van der Waals surface area contributed by atoms with Crippen molar-refractivity contribution in [2.45, 2.75) is 44.9 Å². The SMILES string of the molecule is CC1C=C(C(=O)NN=Cc2cccc(C=NNC(=O)c3ccc(N4CCCC4=O)cc3)c2)C=CC1N1CCCC1O. The normalized spacial score (nSPS) is 23.0. The second-order valence-corrected chi connectivity index (χ2v) is 10.5. The first-order chi connectivity index (χ1) is 19.9. The Morgan fingerprint density at radius 3 is 2.29 bits per heavy atom. The molecule has 10 heteroatoms. The highest BCUT2D eigenvalue weighted by molar-refractivity contribution is 5.98. The van der Waals surface area contributed by atoms with Gasteiger partial charge in [-0.25, -0.2) is 10.9 Å². The zero-order chi connectivity index (χ0) is 28.8. The zero-order valence-corrected chi connectivity index (χ0v) is 22.9. The number of hydrogen-bond donors (Lipinski definition) is 3. The van der Waals surface area contributed by atoms with Crippen LogP contribution >= 0.6 is 0 Å². The predicted molar refractivity (Wildman–Crippen MR) is 157 cm³/mol. The molecule has 0 saturated carbocycles. The third kappa shape index (κ3) is 6.85. The molecule has 2 fully saturated rings. The van der Waals surface area contributed by atoms with Gasteiger partial charge in [0, 0.05) is 42.4 Å². The van der Waals surface area contributed by atoms with Gasteiger partial charge in [0.05, 0.1) is 12.4 Å². The van der Waals surface area contributed by atoms with Crippen LogP contribution in [0.3, 0.4) is 0 Å². The summed E-state index contributed by atoms with van der Waals surface area (Å²) < 4.78 is 0. The Bertz CT molecular complexity index is 1410. The van der Waals surface area contributed by atoms with E-state index in [9.17, 15) is 19.5 Å². The number of nitrogens with one attached hydrogen (secondary N) is 2. The van der Waals surface area contributed by atoms with Gasteiger partial charge in [0.25, 0.3) is 11.8 Å².